The van der Waals surface area contributed by atoms with Gasteiger partial charge in [-0.05, 0) is 43.3 Å². The average Bonchev–Trinajstić information content (AvgIpc) is 2.70. The van der Waals surface area contributed by atoms with Crippen LogP contribution in [0.15, 0.2) is 53.4 Å². The number of amides is 1. The summed E-state index contributed by atoms with van der Waals surface area (Å²) in [5.74, 6) is -0.448. The largest absolute Gasteiger partial charge is 0.352 e. The number of carbonyl (C=O) groups excluding carboxylic acids is 1. The number of carbonyl (C=O) groups is 1. The Morgan fingerprint density at radius 1 is 0.964 bits per heavy atom. The number of nitrogens with one attached hydrogen (secondary N) is 1. The minimum absolute atomic E-state index is 0.0472. The summed E-state index contributed by atoms with van der Waals surface area (Å²) in [5.41, 5.74) is 3.24. The van der Waals surface area contributed by atoms with Crippen LogP contribution in [0.4, 0.5) is 0 Å². The number of nitrogens with zero attached hydrogens (tertiary/aromatic N) is 1. The normalized spacial score (nSPS) is 11.6. The Bertz CT molecular complexity index is 873. The second-order valence-corrected chi connectivity index (χ2v) is 9.00. The predicted octanol–water partition coefficient (Wildman–Crippen LogP) is 3.32. The molecule has 0 aliphatic carbocycles. The first kappa shape index (κ1) is 22.1. The smallest absolute Gasteiger partial charge is 0.221 e. The number of aryl methyl sites for hydroxylation is 1. The topological polar surface area (TPSA) is 66.5 Å². The quantitative estimate of drug-likeness (QED) is 0.662. The second kappa shape index (κ2) is 10.4. The van der Waals surface area contributed by atoms with E-state index in [-0.39, 0.29) is 23.0 Å². The zero-order chi connectivity index (χ0) is 20.6. The van der Waals surface area contributed by atoms with Gasteiger partial charge in [-0.2, -0.15) is 0 Å². The molecule has 0 saturated heterocycles. The van der Waals surface area contributed by atoms with Gasteiger partial charge >= 0.3 is 0 Å². The van der Waals surface area contributed by atoms with Crippen LogP contribution in [0, 0.1) is 6.92 Å². The Balaban J connectivity index is 1.91. The van der Waals surface area contributed by atoms with Crippen LogP contribution in [0.1, 0.15) is 37.0 Å². The summed E-state index contributed by atoms with van der Waals surface area (Å²) in [6.45, 7) is 9.33. The molecular weight excluding hydrogens is 372 g/mol. The van der Waals surface area contributed by atoms with E-state index in [0.29, 0.717) is 6.54 Å². The lowest BCUT2D eigenvalue weighted by Crippen LogP contribution is -2.27. The fourth-order valence-corrected chi connectivity index (χ4v) is 4.19. The zero-order valence-electron chi connectivity index (χ0n) is 16.9. The van der Waals surface area contributed by atoms with Gasteiger partial charge in [0.2, 0.25) is 5.91 Å². The van der Waals surface area contributed by atoms with Crippen molar-refractivity contribution in [2.75, 3.05) is 18.8 Å². The van der Waals surface area contributed by atoms with Gasteiger partial charge in [0.1, 0.15) is 0 Å². The van der Waals surface area contributed by atoms with Crippen LogP contribution in [0.5, 0.6) is 0 Å². The van der Waals surface area contributed by atoms with Crippen molar-refractivity contribution in [3.63, 3.8) is 0 Å². The molecule has 0 spiro atoms. The van der Waals surface area contributed by atoms with Crippen LogP contribution < -0.4 is 5.32 Å². The van der Waals surface area contributed by atoms with Gasteiger partial charge < -0.3 is 5.32 Å². The molecule has 28 heavy (non-hydrogen) atoms. The fraction of sp³-hybridized carbons (Fsp3) is 0.409. The van der Waals surface area contributed by atoms with Crippen molar-refractivity contribution in [1.29, 1.82) is 0 Å². The molecule has 0 heterocycles. The molecule has 5 nitrogen and oxygen atoms in total. The SMILES string of the molecule is CCN(CC)Cc1ccccc1CNC(=O)CCS(=O)(=O)c1ccc(C)cc1. The molecule has 0 atom stereocenters. The molecule has 1 amide bonds. The standard InChI is InChI=1S/C22H30N2O3S/c1-4-24(5-2)17-20-9-7-6-8-19(20)16-23-22(25)14-15-28(26,27)21-12-10-18(3)11-13-21/h6-13H,4-5,14-17H2,1-3H3,(H,23,25). The Hall–Kier alpha value is -2.18. The van der Waals surface area contributed by atoms with E-state index in [9.17, 15) is 13.2 Å². The third kappa shape index (κ3) is 6.46. The highest BCUT2D eigenvalue weighted by atomic mass is 32.2. The Morgan fingerprint density at radius 2 is 1.57 bits per heavy atom. The predicted molar refractivity (Wildman–Crippen MR) is 113 cm³/mol. The van der Waals surface area contributed by atoms with Crippen molar-refractivity contribution in [2.24, 2.45) is 0 Å². The number of hydrogen-bond acceptors (Lipinski definition) is 4. The summed E-state index contributed by atoms with van der Waals surface area (Å²) < 4.78 is 24.8. The molecule has 0 saturated carbocycles. The number of benzene rings is 2. The highest BCUT2D eigenvalue weighted by Gasteiger charge is 2.16. The summed E-state index contributed by atoms with van der Waals surface area (Å²) in [5, 5.41) is 2.86. The van der Waals surface area contributed by atoms with Crippen LogP contribution in [-0.2, 0) is 27.7 Å². The van der Waals surface area contributed by atoms with Crippen LogP contribution >= 0.6 is 0 Å². The van der Waals surface area contributed by atoms with Crippen molar-refractivity contribution in [2.45, 2.75) is 45.2 Å². The average molecular weight is 403 g/mol. The van der Waals surface area contributed by atoms with Crippen LogP contribution in [0.2, 0.25) is 0 Å². The molecule has 152 valence electrons. The lowest BCUT2D eigenvalue weighted by Gasteiger charge is -2.20. The van der Waals surface area contributed by atoms with Crippen LogP contribution in [-0.4, -0.2) is 38.1 Å². The fourth-order valence-electron chi connectivity index (χ4n) is 2.95. The van der Waals surface area contributed by atoms with E-state index in [1.54, 1.807) is 24.3 Å². The first-order valence-electron chi connectivity index (χ1n) is 9.71. The van der Waals surface area contributed by atoms with E-state index in [0.717, 1.165) is 30.8 Å². The van der Waals surface area contributed by atoms with Crippen molar-refractivity contribution >= 4 is 15.7 Å². The highest BCUT2D eigenvalue weighted by Crippen LogP contribution is 2.14. The van der Waals surface area contributed by atoms with Gasteiger partial charge in [-0.25, -0.2) is 8.42 Å². The van der Waals surface area contributed by atoms with Gasteiger partial charge in [0, 0.05) is 19.5 Å². The molecule has 0 bridgehead atoms. The van der Waals surface area contributed by atoms with Crippen molar-refractivity contribution < 1.29 is 13.2 Å². The minimum atomic E-state index is -3.45. The van der Waals surface area contributed by atoms with Crippen LogP contribution in [0.25, 0.3) is 0 Å². The maximum Gasteiger partial charge on any atom is 0.221 e. The zero-order valence-corrected chi connectivity index (χ0v) is 17.8. The minimum Gasteiger partial charge on any atom is -0.352 e. The van der Waals surface area contributed by atoms with E-state index in [2.05, 4.69) is 30.1 Å². The van der Waals surface area contributed by atoms with E-state index in [1.165, 1.54) is 5.56 Å². The Morgan fingerprint density at radius 3 is 2.18 bits per heavy atom. The maximum atomic E-state index is 12.4. The van der Waals surface area contributed by atoms with E-state index >= 15 is 0 Å². The molecule has 1 N–H and O–H groups in total. The molecule has 2 aromatic rings. The van der Waals surface area contributed by atoms with Crippen molar-refractivity contribution in [3.05, 3.63) is 65.2 Å². The lowest BCUT2D eigenvalue weighted by atomic mass is 10.1. The number of rotatable bonds is 10. The Labute approximate surface area is 168 Å². The molecule has 6 heteroatoms. The first-order valence-corrected chi connectivity index (χ1v) is 11.4. The molecular formula is C22H30N2O3S. The van der Waals surface area contributed by atoms with Gasteiger partial charge in [-0.3, -0.25) is 9.69 Å². The lowest BCUT2D eigenvalue weighted by molar-refractivity contribution is -0.120. The van der Waals surface area contributed by atoms with Gasteiger partial charge in [0.25, 0.3) is 0 Å². The second-order valence-electron chi connectivity index (χ2n) is 6.89. The molecule has 2 rings (SSSR count). The van der Waals surface area contributed by atoms with Crippen LogP contribution in [0.3, 0.4) is 0 Å². The van der Waals surface area contributed by atoms with Gasteiger partial charge in [0.15, 0.2) is 9.84 Å². The molecule has 0 aromatic heterocycles. The maximum absolute atomic E-state index is 12.4. The van der Waals surface area contributed by atoms with E-state index < -0.39 is 9.84 Å². The van der Waals surface area contributed by atoms with Gasteiger partial charge in [0.05, 0.1) is 10.6 Å². The summed E-state index contributed by atoms with van der Waals surface area (Å²) >= 11 is 0. The molecule has 0 aliphatic heterocycles. The number of sulfone groups is 1. The third-order valence-electron chi connectivity index (χ3n) is 4.86. The molecule has 2 aromatic carbocycles. The third-order valence-corrected chi connectivity index (χ3v) is 6.59. The summed E-state index contributed by atoms with van der Waals surface area (Å²) in [7, 11) is -3.45. The summed E-state index contributed by atoms with van der Waals surface area (Å²) in [4.78, 5) is 14.8. The molecule has 0 unspecified atom stereocenters. The highest BCUT2D eigenvalue weighted by molar-refractivity contribution is 7.91. The van der Waals surface area contributed by atoms with Crippen molar-refractivity contribution in [1.82, 2.24) is 10.2 Å². The van der Waals surface area contributed by atoms with Gasteiger partial charge in [-0.1, -0.05) is 55.8 Å². The van der Waals surface area contributed by atoms with E-state index in [1.807, 2.05) is 25.1 Å². The van der Waals surface area contributed by atoms with Gasteiger partial charge in [-0.15, -0.1) is 0 Å². The molecule has 0 aliphatic rings. The Kier molecular flexibility index (Phi) is 8.20. The molecule has 0 radical (unpaired) electrons. The summed E-state index contributed by atoms with van der Waals surface area (Å²) in [6, 6.07) is 14.7. The monoisotopic (exact) mass is 402 g/mol. The molecule has 0 fully saturated rings. The number of hydrogen-bond donors (Lipinski definition) is 1. The first-order chi connectivity index (χ1) is 13.4. The van der Waals surface area contributed by atoms with E-state index in [4.69, 9.17) is 0 Å². The van der Waals surface area contributed by atoms with Crippen molar-refractivity contribution in [3.8, 4) is 0 Å². The summed E-state index contributed by atoms with van der Waals surface area (Å²) in [6.07, 6.45) is -0.0472.